The van der Waals surface area contributed by atoms with Gasteiger partial charge in [0, 0.05) is 32.8 Å². The lowest BCUT2D eigenvalue weighted by atomic mass is 9.81. The molecule has 0 atom stereocenters. The smallest absolute Gasteiger partial charge is 0.194 e. The average molecular weight is 664 g/mol. The van der Waals surface area contributed by atoms with Crippen molar-refractivity contribution >= 4 is 38.4 Å². The third kappa shape index (κ3) is 4.41. The highest BCUT2D eigenvalue weighted by Gasteiger charge is 2.38. The van der Waals surface area contributed by atoms with Crippen molar-refractivity contribution in [2.45, 2.75) is 19.3 Å². The molecule has 0 radical (unpaired) electrons. The summed E-state index contributed by atoms with van der Waals surface area (Å²) in [6, 6.07) is 58.1. The number of nitrogens with zero attached hydrogens (tertiary/aromatic N) is 3. The molecule has 3 nitrogen and oxygen atoms in total. The van der Waals surface area contributed by atoms with Crippen LogP contribution in [0.3, 0.4) is 0 Å². The van der Waals surface area contributed by atoms with E-state index in [0.29, 0.717) is 5.69 Å². The average Bonchev–Trinajstić information content (AvgIpc) is 3.66. The fourth-order valence-electron chi connectivity index (χ4n) is 8.62. The zero-order valence-electron chi connectivity index (χ0n) is 28.9. The minimum absolute atomic E-state index is 0.209. The first-order valence-corrected chi connectivity index (χ1v) is 17.8. The molecule has 1 aliphatic carbocycles. The first-order chi connectivity index (χ1) is 25.5. The second kappa shape index (κ2) is 11.4. The normalized spacial score (nSPS) is 12.9. The van der Waals surface area contributed by atoms with E-state index in [2.05, 4.69) is 169 Å². The summed E-state index contributed by atoms with van der Waals surface area (Å²) in [6.07, 6.45) is 0. The number of benzene rings is 7. The number of fused-ring (bicyclic) bond motifs is 8. The van der Waals surface area contributed by atoms with Gasteiger partial charge in [-0.05, 0) is 80.9 Å². The predicted octanol–water partition coefficient (Wildman–Crippen LogP) is 13.2. The first-order valence-electron chi connectivity index (χ1n) is 17.8. The van der Waals surface area contributed by atoms with Gasteiger partial charge in [0.1, 0.15) is 0 Å². The number of aromatic nitrogens is 2. The van der Waals surface area contributed by atoms with Gasteiger partial charge < -0.3 is 4.57 Å². The summed E-state index contributed by atoms with van der Waals surface area (Å²) >= 11 is 0. The van der Waals surface area contributed by atoms with Crippen LogP contribution >= 0.6 is 0 Å². The highest BCUT2D eigenvalue weighted by Crippen LogP contribution is 2.53. The second-order valence-corrected chi connectivity index (χ2v) is 14.2. The van der Waals surface area contributed by atoms with E-state index >= 15 is 0 Å². The highest BCUT2D eigenvalue weighted by molar-refractivity contribution is 6.13. The molecule has 2 aromatic heterocycles. The molecule has 0 unspecified atom stereocenters. The van der Waals surface area contributed by atoms with Crippen LogP contribution in [0.5, 0.6) is 0 Å². The molecule has 1 aliphatic rings. The van der Waals surface area contributed by atoms with Crippen LogP contribution in [0.4, 0.5) is 5.69 Å². The molecule has 0 aliphatic heterocycles. The monoisotopic (exact) mass is 663 g/mol. The van der Waals surface area contributed by atoms with Gasteiger partial charge in [-0.15, -0.1) is 0 Å². The molecular weight excluding hydrogens is 631 g/mol. The van der Waals surface area contributed by atoms with E-state index in [1.807, 2.05) is 18.2 Å². The van der Waals surface area contributed by atoms with Gasteiger partial charge in [-0.1, -0.05) is 141 Å². The molecule has 7 aromatic carbocycles. The van der Waals surface area contributed by atoms with Crippen molar-refractivity contribution in [3.8, 4) is 50.3 Å². The van der Waals surface area contributed by atoms with Crippen LogP contribution in [0.15, 0.2) is 164 Å². The lowest BCUT2D eigenvalue weighted by molar-refractivity contribution is 0.664. The summed E-state index contributed by atoms with van der Waals surface area (Å²) in [5.41, 5.74) is 16.1. The molecule has 2 heterocycles. The zero-order valence-corrected chi connectivity index (χ0v) is 28.9. The van der Waals surface area contributed by atoms with Crippen LogP contribution in [0.25, 0.3) is 87.9 Å². The van der Waals surface area contributed by atoms with Crippen molar-refractivity contribution in [2.75, 3.05) is 0 Å². The van der Waals surface area contributed by atoms with Crippen LogP contribution in [-0.2, 0) is 5.41 Å². The number of hydrogen-bond acceptors (Lipinski definition) is 1. The third-order valence-electron chi connectivity index (χ3n) is 11.0. The number of pyridine rings is 1. The molecule has 0 saturated carbocycles. The Balaban J connectivity index is 1.32. The van der Waals surface area contributed by atoms with Crippen molar-refractivity contribution in [2.24, 2.45) is 0 Å². The minimum Gasteiger partial charge on any atom is -0.309 e. The Morgan fingerprint density at radius 3 is 2.08 bits per heavy atom. The Kier molecular flexibility index (Phi) is 6.59. The van der Waals surface area contributed by atoms with Crippen LogP contribution in [0, 0.1) is 6.57 Å². The van der Waals surface area contributed by atoms with Gasteiger partial charge in [0.2, 0.25) is 0 Å². The lowest BCUT2D eigenvalue weighted by Gasteiger charge is -2.24. The summed E-state index contributed by atoms with van der Waals surface area (Å²) < 4.78 is 2.46. The molecular formula is C49H33N3. The van der Waals surface area contributed by atoms with Gasteiger partial charge in [-0.25, -0.2) is 9.83 Å². The van der Waals surface area contributed by atoms with Crippen molar-refractivity contribution < 1.29 is 0 Å². The van der Waals surface area contributed by atoms with Gasteiger partial charge in [0.25, 0.3) is 0 Å². The quantitative estimate of drug-likeness (QED) is 0.172. The van der Waals surface area contributed by atoms with E-state index in [0.717, 1.165) is 55.6 Å². The summed E-state index contributed by atoms with van der Waals surface area (Å²) in [7, 11) is 0. The Morgan fingerprint density at radius 2 is 1.23 bits per heavy atom. The Morgan fingerprint density at radius 1 is 0.538 bits per heavy atom. The third-order valence-corrected chi connectivity index (χ3v) is 11.0. The molecule has 3 heteroatoms. The fourth-order valence-corrected chi connectivity index (χ4v) is 8.62. The molecule has 9 aromatic rings. The Bertz CT molecular complexity index is 2940. The molecule has 0 saturated heterocycles. The molecule has 0 N–H and O–H groups in total. The standard InChI is InChI=1S/C49H33N3/c1-49(2)42-21-11-7-18-36(42)39-25-26-40-38-20-10-14-24-46(38)52(48(40)47(39)49)34-28-32(35-17-8-12-22-43(35)50-3)27-33(29-34)45-30-41(31-15-5-4-6-16-31)37-19-9-13-23-44(37)51-45/h4-30H,1-2H3. The Hall–Kier alpha value is -6.76. The van der Waals surface area contributed by atoms with Gasteiger partial charge in [-0.2, -0.15) is 0 Å². The van der Waals surface area contributed by atoms with E-state index in [9.17, 15) is 0 Å². The van der Waals surface area contributed by atoms with Crippen LogP contribution in [0.2, 0.25) is 0 Å². The molecule has 0 bridgehead atoms. The maximum Gasteiger partial charge on any atom is 0.194 e. The second-order valence-electron chi connectivity index (χ2n) is 14.2. The molecule has 0 spiro atoms. The van der Waals surface area contributed by atoms with Gasteiger partial charge in [-0.3, -0.25) is 0 Å². The molecule has 10 rings (SSSR count). The van der Waals surface area contributed by atoms with Crippen molar-refractivity contribution in [3.05, 3.63) is 186 Å². The minimum atomic E-state index is -0.209. The molecule has 52 heavy (non-hydrogen) atoms. The predicted molar refractivity (Wildman–Crippen MR) is 216 cm³/mol. The summed E-state index contributed by atoms with van der Waals surface area (Å²) in [6.45, 7) is 12.8. The van der Waals surface area contributed by atoms with E-state index in [1.54, 1.807) is 0 Å². The van der Waals surface area contributed by atoms with Crippen molar-refractivity contribution in [3.63, 3.8) is 0 Å². The fraction of sp³-hybridized carbons (Fsp3) is 0.0612. The summed E-state index contributed by atoms with van der Waals surface area (Å²) in [5, 5.41) is 3.57. The van der Waals surface area contributed by atoms with Gasteiger partial charge in [0.15, 0.2) is 5.69 Å². The summed E-state index contributed by atoms with van der Waals surface area (Å²) in [5.74, 6) is 0. The largest absolute Gasteiger partial charge is 0.309 e. The molecule has 0 fully saturated rings. The zero-order chi connectivity index (χ0) is 35.0. The number of rotatable bonds is 4. The van der Waals surface area contributed by atoms with Crippen molar-refractivity contribution in [1.29, 1.82) is 0 Å². The van der Waals surface area contributed by atoms with E-state index in [-0.39, 0.29) is 5.41 Å². The van der Waals surface area contributed by atoms with E-state index < -0.39 is 0 Å². The van der Waals surface area contributed by atoms with Gasteiger partial charge in [0.05, 0.1) is 28.8 Å². The number of hydrogen-bond donors (Lipinski definition) is 0. The molecule has 244 valence electrons. The lowest BCUT2D eigenvalue weighted by Crippen LogP contribution is -2.16. The topological polar surface area (TPSA) is 22.2 Å². The van der Waals surface area contributed by atoms with Crippen molar-refractivity contribution in [1.82, 2.24) is 9.55 Å². The first kappa shape index (κ1) is 30.1. The molecule has 0 amide bonds. The maximum atomic E-state index is 8.07. The van der Waals surface area contributed by atoms with Crippen LogP contribution in [-0.4, -0.2) is 9.55 Å². The maximum absolute atomic E-state index is 8.07. The number of para-hydroxylation sites is 3. The SMILES string of the molecule is [C-]#[N+]c1ccccc1-c1cc(-c2cc(-c3ccccc3)c3ccccc3n2)cc(-n2c3ccccc3c3ccc4c(c32)C(C)(C)c2ccccc2-4)c1. The van der Waals surface area contributed by atoms with E-state index in [1.165, 1.54) is 38.5 Å². The Labute approximate surface area is 302 Å². The van der Waals surface area contributed by atoms with Crippen LogP contribution in [0.1, 0.15) is 25.0 Å². The summed E-state index contributed by atoms with van der Waals surface area (Å²) in [4.78, 5) is 9.25. The van der Waals surface area contributed by atoms with Crippen LogP contribution < -0.4 is 0 Å². The van der Waals surface area contributed by atoms with E-state index in [4.69, 9.17) is 11.6 Å². The highest BCUT2D eigenvalue weighted by atomic mass is 15.0. The van der Waals surface area contributed by atoms with Gasteiger partial charge >= 0.3 is 0 Å².